The minimum absolute atomic E-state index is 0.0753. The molecular weight excluding hydrogens is 474 g/mol. The Morgan fingerprint density at radius 1 is 1.18 bits per heavy atom. The highest BCUT2D eigenvalue weighted by Gasteiger charge is 2.19. The van der Waals surface area contributed by atoms with Crippen LogP contribution in [0.4, 0.5) is 5.69 Å². The molecule has 5 rings (SSSR count). The van der Waals surface area contributed by atoms with Crippen LogP contribution < -0.4 is 25.1 Å². The second-order valence-corrected chi connectivity index (χ2v) is 9.75. The van der Waals surface area contributed by atoms with E-state index in [-0.39, 0.29) is 24.0 Å². The molecule has 0 spiro atoms. The number of anilines is 1. The molecule has 0 saturated carbocycles. The number of carbonyl (C=O) groups is 1. The molecule has 3 heterocycles. The molecule has 0 radical (unpaired) electrons. The molecule has 34 heavy (non-hydrogen) atoms. The molecule has 1 aliphatic heterocycles. The summed E-state index contributed by atoms with van der Waals surface area (Å²) < 4.78 is 17.5. The number of aromatic nitrogens is 2. The minimum atomic E-state index is -0.224. The van der Waals surface area contributed by atoms with Gasteiger partial charge in [-0.3, -0.25) is 14.2 Å². The van der Waals surface area contributed by atoms with E-state index in [2.05, 4.69) is 5.32 Å². The van der Waals surface area contributed by atoms with Crippen molar-refractivity contribution in [1.82, 2.24) is 9.55 Å². The van der Waals surface area contributed by atoms with Gasteiger partial charge >= 0.3 is 0 Å². The normalized spacial score (nSPS) is 12.2. The number of benzene rings is 2. The number of hydrogen-bond acceptors (Lipinski definition) is 8. The maximum Gasteiger partial charge on any atom is 0.267 e. The van der Waals surface area contributed by atoms with Crippen LogP contribution in [-0.4, -0.2) is 35.1 Å². The number of ether oxygens (including phenoxy) is 3. The molecule has 0 bridgehead atoms. The van der Waals surface area contributed by atoms with Gasteiger partial charge in [0.1, 0.15) is 10.6 Å². The van der Waals surface area contributed by atoms with E-state index in [9.17, 15) is 9.59 Å². The average Bonchev–Trinajstić information content (AvgIpc) is 3.41. The number of methoxy groups -OCH3 is 1. The first-order valence-corrected chi connectivity index (χ1v) is 12.2. The van der Waals surface area contributed by atoms with Crippen molar-refractivity contribution in [1.29, 1.82) is 0 Å². The first kappa shape index (κ1) is 22.3. The van der Waals surface area contributed by atoms with E-state index in [0.717, 1.165) is 10.4 Å². The zero-order chi connectivity index (χ0) is 23.8. The quantitative estimate of drug-likeness (QED) is 0.310. The summed E-state index contributed by atoms with van der Waals surface area (Å²) in [6, 6.07) is 12.4. The number of rotatable bonds is 6. The number of hydrogen-bond donors (Lipinski definition) is 1. The third-order valence-corrected chi connectivity index (χ3v) is 7.53. The van der Waals surface area contributed by atoms with Gasteiger partial charge in [0.05, 0.1) is 23.9 Å². The van der Waals surface area contributed by atoms with Gasteiger partial charge in [-0.2, -0.15) is 0 Å². The SMILES string of the molecule is COc1ccc(-n2c(SCC(=O)Nc3ccc4c(c3)OCO4)nc3sc(C)c(C)c3c2=O)cc1. The molecule has 0 atom stereocenters. The number of amides is 1. The largest absolute Gasteiger partial charge is 0.497 e. The highest BCUT2D eigenvalue weighted by atomic mass is 32.2. The summed E-state index contributed by atoms with van der Waals surface area (Å²) >= 11 is 2.69. The smallest absolute Gasteiger partial charge is 0.267 e. The van der Waals surface area contributed by atoms with Crippen molar-refractivity contribution in [2.24, 2.45) is 0 Å². The van der Waals surface area contributed by atoms with Crippen LogP contribution in [0.5, 0.6) is 17.2 Å². The lowest BCUT2D eigenvalue weighted by atomic mass is 10.2. The van der Waals surface area contributed by atoms with Crippen LogP contribution in [0.15, 0.2) is 52.4 Å². The van der Waals surface area contributed by atoms with E-state index in [1.165, 1.54) is 23.1 Å². The Morgan fingerprint density at radius 3 is 2.71 bits per heavy atom. The van der Waals surface area contributed by atoms with Crippen LogP contribution in [0.1, 0.15) is 10.4 Å². The van der Waals surface area contributed by atoms with Crippen LogP contribution in [0.3, 0.4) is 0 Å². The first-order valence-electron chi connectivity index (χ1n) is 10.4. The van der Waals surface area contributed by atoms with Gasteiger partial charge in [0.15, 0.2) is 16.7 Å². The number of thioether (sulfide) groups is 1. The molecule has 0 fully saturated rings. The maximum absolute atomic E-state index is 13.5. The molecule has 0 aliphatic carbocycles. The molecule has 8 nitrogen and oxygen atoms in total. The fraction of sp³-hybridized carbons (Fsp3) is 0.208. The Bertz CT molecular complexity index is 1460. The number of aryl methyl sites for hydroxylation is 2. The Labute approximate surface area is 203 Å². The molecule has 10 heteroatoms. The third kappa shape index (κ3) is 4.10. The summed E-state index contributed by atoms with van der Waals surface area (Å²) in [5, 5.41) is 3.91. The van der Waals surface area contributed by atoms with Crippen LogP contribution in [-0.2, 0) is 4.79 Å². The maximum atomic E-state index is 13.5. The Kier molecular flexibility index (Phi) is 5.93. The topological polar surface area (TPSA) is 91.7 Å². The van der Waals surface area contributed by atoms with Gasteiger partial charge in [0.2, 0.25) is 12.7 Å². The standard InChI is InChI=1S/C24H21N3O5S2/c1-13-14(2)34-22-21(13)23(29)27(16-5-7-17(30-3)8-6-16)24(26-22)33-11-20(28)25-15-4-9-18-19(10-15)32-12-31-18/h4-10H,11-12H2,1-3H3,(H,25,28). The van der Waals surface area contributed by atoms with Gasteiger partial charge in [-0.05, 0) is 55.8 Å². The van der Waals surface area contributed by atoms with Gasteiger partial charge in [0, 0.05) is 16.6 Å². The zero-order valence-electron chi connectivity index (χ0n) is 18.7. The minimum Gasteiger partial charge on any atom is -0.497 e. The Hall–Kier alpha value is -3.50. The van der Waals surface area contributed by atoms with Crippen LogP contribution >= 0.6 is 23.1 Å². The van der Waals surface area contributed by atoms with E-state index < -0.39 is 0 Å². The fourth-order valence-electron chi connectivity index (χ4n) is 3.63. The van der Waals surface area contributed by atoms with Crippen molar-refractivity contribution in [3.05, 3.63) is 63.3 Å². The molecule has 1 amide bonds. The fourth-order valence-corrected chi connectivity index (χ4v) is 5.52. The van der Waals surface area contributed by atoms with E-state index in [1.807, 2.05) is 13.8 Å². The molecule has 1 N–H and O–H groups in total. The monoisotopic (exact) mass is 495 g/mol. The van der Waals surface area contributed by atoms with Crippen LogP contribution in [0.2, 0.25) is 0 Å². The van der Waals surface area contributed by atoms with Crippen molar-refractivity contribution >= 4 is 44.9 Å². The van der Waals surface area contributed by atoms with Gasteiger partial charge < -0.3 is 19.5 Å². The lowest BCUT2D eigenvalue weighted by Crippen LogP contribution is -2.22. The third-order valence-electron chi connectivity index (χ3n) is 5.49. The number of thiophene rings is 1. The predicted octanol–water partition coefficient (Wildman–Crippen LogP) is 4.53. The Balaban J connectivity index is 1.45. The molecule has 0 unspecified atom stereocenters. The molecular formula is C24H21N3O5S2. The van der Waals surface area contributed by atoms with Gasteiger partial charge in [-0.15, -0.1) is 11.3 Å². The van der Waals surface area contributed by atoms with Crippen molar-refractivity contribution in [3.8, 4) is 22.9 Å². The average molecular weight is 496 g/mol. The highest BCUT2D eigenvalue weighted by Crippen LogP contribution is 2.34. The second-order valence-electron chi connectivity index (χ2n) is 7.60. The number of carbonyl (C=O) groups excluding carboxylic acids is 1. The van der Waals surface area contributed by atoms with E-state index in [4.69, 9.17) is 19.2 Å². The summed E-state index contributed by atoms with van der Waals surface area (Å²) in [6.07, 6.45) is 0. The Morgan fingerprint density at radius 2 is 1.94 bits per heavy atom. The molecule has 2 aromatic carbocycles. The van der Waals surface area contributed by atoms with E-state index in [0.29, 0.717) is 44.0 Å². The van der Waals surface area contributed by atoms with E-state index in [1.54, 1.807) is 54.1 Å². The van der Waals surface area contributed by atoms with Crippen molar-refractivity contribution in [3.63, 3.8) is 0 Å². The second kappa shape index (κ2) is 9.03. The summed E-state index contributed by atoms with van der Waals surface area (Å²) in [5.41, 5.74) is 2.03. The van der Waals surface area contributed by atoms with Gasteiger partial charge in [0.25, 0.3) is 5.56 Å². The molecule has 2 aromatic heterocycles. The van der Waals surface area contributed by atoms with Crippen molar-refractivity contribution in [2.45, 2.75) is 19.0 Å². The van der Waals surface area contributed by atoms with Crippen LogP contribution in [0, 0.1) is 13.8 Å². The van der Waals surface area contributed by atoms with Crippen LogP contribution in [0.25, 0.3) is 15.9 Å². The molecule has 1 aliphatic rings. The summed E-state index contributed by atoms with van der Waals surface area (Å²) in [5.74, 6) is 1.78. The summed E-state index contributed by atoms with van der Waals surface area (Å²) in [4.78, 5) is 32.7. The first-order chi connectivity index (χ1) is 16.4. The van der Waals surface area contributed by atoms with E-state index >= 15 is 0 Å². The summed E-state index contributed by atoms with van der Waals surface area (Å²) in [7, 11) is 1.59. The molecule has 174 valence electrons. The number of nitrogens with one attached hydrogen (secondary N) is 1. The van der Waals surface area contributed by atoms with Gasteiger partial charge in [-0.25, -0.2) is 4.98 Å². The predicted molar refractivity (Wildman–Crippen MR) is 133 cm³/mol. The lowest BCUT2D eigenvalue weighted by molar-refractivity contribution is -0.113. The number of nitrogens with zero attached hydrogens (tertiary/aromatic N) is 2. The van der Waals surface area contributed by atoms with Gasteiger partial charge in [-0.1, -0.05) is 11.8 Å². The summed E-state index contributed by atoms with van der Waals surface area (Å²) in [6.45, 7) is 4.08. The number of fused-ring (bicyclic) bond motifs is 2. The van der Waals surface area contributed by atoms with Crippen molar-refractivity contribution in [2.75, 3.05) is 25.0 Å². The zero-order valence-corrected chi connectivity index (χ0v) is 20.3. The highest BCUT2D eigenvalue weighted by molar-refractivity contribution is 7.99. The molecule has 0 saturated heterocycles. The molecule has 4 aromatic rings. The lowest BCUT2D eigenvalue weighted by Gasteiger charge is -2.13. The van der Waals surface area contributed by atoms with Crippen molar-refractivity contribution < 1.29 is 19.0 Å².